The van der Waals surface area contributed by atoms with Crippen LogP contribution in [0.15, 0.2) is 11.8 Å². The molecule has 1 heterocycles. The fourth-order valence-corrected chi connectivity index (χ4v) is 1.34. The lowest BCUT2D eigenvalue weighted by Crippen LogP contribution is -2.10. The lowest BCUT2D eigenvalue weighted by Gasteiger charge is -2.13. The summed E-state index contributed by atoms with van der Waals surface area (Å²) >= 11 is 0. The van der Waals surface area contributed by atoms with Crippen molar-refractivity contribution in [2.24, 2.45) is 0 Å². The lowest BCUT2D eigenvalue weighted by molar-refractivity contribution is -0.119. The van der Waals surface area contributed by atoms with Crippen molar-refractivity contribution in [2.45, 2.75) is 39.0 Å². The lowest BCUT2D eigenvalue weighted by atomic mass is 10.1. The average molecular weight is 192 g/mol. The van der Waals surface area contributed by atoms with Crippen LogP contribution < -0.4 is 0 Å². The first-order valence-corrected chi connectivity index (χ1v) is 5.10. The molecular formula is C12H16O2. The van der Waals surface area contributed by atoms with E-state index >= 15 is 0 Å². The normalized spacial score (nSPS) is 14.8. The summed E-state index contributed by atoms with van der Waals surface area (Å²) < 4.78 is 5.27. The third kappa shape index (κ3) is 3.66. The number of carbonyl (C=O) groups is 1. The zero-order valence-corrected chi connectivity index (χ0v) is 8.64. The number of ether oxygens (including phenoxy) is 1. The second-order valence-electron chi connectivity index (χ2n) is 3.26. The molecule has 0 aromatic rings. The van der Waals surface area contributed by atoms with Crippen molar-refractivity contribution in [1.29, 1.82) is 0 Å². The molecule has 0 aromatic carbocycles. The number of allylic oxidation sites excluding steroid dienone is 2. The fraction of sp³-hybridized carbons (Fsp3) is 0.583. The summed E-state index contributed by atoms with van der Waals surface area (Å²) in [6.45, 7) is 2.50. The topological polar surface area (TPSA) is 26.3 Å². The number of rotatable bonds is 4. The Bertz CT molecular complexity index is 278. The molecule has 14 heavy (non-hydrogen) atoms. The Hall–Kier alpha value is -1.23. The molecule has 76 valence electrons. The van der Waals surface area contributed by atoms with Crippen molar-refractivity contribution in [2.75, 3.05) is 6.61 Å². The highest BCUT2D eigenvalue weighted by Gasteiger charge is 2.12. The Morgan fingerprint density at radius 2 is 2.50 bits per heavy atom. The maximum Gasteiger partial charge on any atom is 0.197 e. The van der Waals surface area contributed by atoms with Crippen molar-refractivity contribution in [3.05, 3.63) is 11.8 Å². The van der Waals surface area contributed by atoms with E-state index in [0.29, 0.717) is 18.8 Å². The predicted molar refractivity (Wildman–Crippen MR) is 55.6 cm³/mol. The minimum absolute atomic E-state index is 0.127. The van der Waals surface area contributed by atoms with Crippen molar-refractivity contribution in [1.82, 2.24) is 0 Å². The van der Waals surface area contributed by atoms with Crippen LogP contribution in [0.25, 0.3) is 0 Å². The minimum atomic E-state index is 0.127. The number of unbranched alkanes of at least 4 members (excludes halogenated alkanes) is 1. The Kier molecular flexibility index (Phi) is 4.85. The predicted octanol–water partition coefficient (Wildman–Crippen LogP) is 2.44. The molecule has 0 aromatic heterocycles. The quantitative estimate of drug-likeness (QED) is 0.505. The van der Waals surface area contributed by atoms with E-state index in [2.05, 4.69) is 11.8 Å². The van der Waals surface area contributed by atoms with E-state index in [1.807, 2.05) is 13.0 Å². The van der Waals surface area contributed by atoms with Gasteiger partial charge >= 0.3 is 0 Å². The van der Waals surface area contributed by atoms with Gasteiger partial charge in [-0.25, -0.2) is 0 Å². The second-order valence-corrected chi connectivity index (χ2v) is 3.26. The van der Waals surface area contributed by atoms with Gasteiger partial charge in [-0.1, -0.05) is 0 Å². The molecule has 1 aliphatic rings. The average Bonchev–Trinajstić information content (AvgIpc) is 2.25. The van der Waals surface area contributed by atoms with Crippen molar-refractivity contribution in [3.8, 4) is 11.8 Å². The number of hydrogen-bond donors (Lipinski definition) is 0. The SMILES string of the molecule is CC#CCCCC(=O)C1=CCCCO1. The molecule has 0 saturated carbocycles. The second kappa shape index (κ2) is 6.26. The number of hydrogen-bond acceptors (Lipinski definition) is 2. The molecule has 0 N–H and O–H groups in total. The van der Waals surface area contributed by atoms with Gasteiger partial charge in [0.2, 0.25) is 0 Å². The molecule has 0 spiro atoms. The van der Waals surface area contributed by atoms with Gasteiger partial charge in [0.1, 0.15) is 0 Å². The van der Waals surface area contributed by atoms with Gasteiger partial charge in [-0.3, -0.25) is 4.79 Å². The Labute approximate surface area is 85.3 Å². The van der Waals surface area contributed by atoms with E-state index in [1.165, 1.54) is 0 Å². The summed E-state index contributed by atoms with van der Waals surface area (Å²) in [4.78, 5) is 11.5. The first-order valence-electron chi connectivity index (χ1n) is 5.10. The van der Waals surface area contributed by atoms with Crippen molar-refractivity contribution in [3.63, 3.8) is 0 Å². The highest BCUT2D eigenvalue weighted by Crippen LogP contribution is 2.13. The summed E-state index contributed by atoms with van der Waals surface area (Å²) in [7, 11) is 0. The molecule has 0 bridgehead atoms. The Morgan fingerprint density at radius 1 is 1.64 bits per heavy atom. The maximum absolute atomic E-state index is 11.5. The van der Waals surface area contributed by atoms with Gasteiger partial charge in [-0.15, -0.1) is 11.8 Å². The van der Waals surface area contributed by atoms with Crippen LogP contribution in [0.1, 0.15) is 39.0 Å². The van der Waals surface area contributed by atoms with E-state index in [1.54, 1.807) is 0 Å². The summed E-state index contributed by atoms with van der Waals surface area (Å²) in [5.41, 5.74) is 0. The zero-order valence-electron chi connectivity index (χ0n) is 8.64. The van der Waals surface area contributed by atoms with Gasteiger partial charge < -0.3 is 4.74 Å². The summed E-state index contributed by atoms with van der Waals surface area (Å²) in [5.74, 6) is 6.46. The number of carbonyl (C=O) groups excluding carboxylic acids is 1. The van der Waals surface area contributed by atoms with E-state index in [-0.39, 0.29) is 5.78 Å². The van der Waals surface area contributed by atoms with Crippen LogP contribution in [0, 0.1) is 11.8 Å². The molecule has 0 fully saturated rings. The van der Waals surface area contributed by atoms with E-state index in [0.717, 1.165) is 25.7 Å². The molecule has 0 radical (unpaired) electrons. The Morgan fingerprint density at radius 3 is 3.14 bits per heavy atom. The molecule has 0 aliphatic carbocycles. The van der Waals surface area contributed by atoms with Crippen LogP contribution >= 0.6 is 0 Å². The van der Waals surface area contributed by atoms with E-state index < -0.39 is 0 Å². The number of ketones is 1. The maximum atomic E-state index is 11.5. The first kappa shape index (κ1) is 10.8. The zero-order chi connectivity index (χ0) is 10.2. The van der Waals surface area contributed by atoms with Gasteiger partial charge in [0, 0.05) is 12.8 Å². The van der Waals surface area contributed by atoms with Gasteiger partial charge in [0.25, 0.3) is 0 Å². The van der Waals surface area contributed by atoms with Crippen molar-refractivity contribution >= 4 is 5.78 Å². The highest BCUT2D eigenvalue weighted by atomic mass is 16.5. The third-order valence-corrected chi connectivity index (χ3v) is 2.09. The summed E-state index contributed by atoms with van der Waals surface area (Å²) in [6.07, 6.45) is 6.08. The van der Waals surface area contributed by atoms with Crippen molar-refractivity contribution < 1.29 is 9.53 Å². The fourth-order valence-electron chi connectivity index (χ4n) is 1.34. The molecule has 0 atom stereocenters. The van der Waals surface area contributed by atoms with E-state index in [4.69, 9.17) is 4.74 Å². The molecule has 0 amide bonds. The molecule has 2 nitrogen and oxygen atoms in total. The standard InChI is InChI=1S/C12H16O2/c1-2-3-4-5-8-11(13)12-9-6-7-10-14-12/h9H,4-8,10H2,1H3. The molecule has 0 unspecified atom stereocenters. The van der Waals surface area contributed by atoms with Crippen LogP contribution in [0.2, 0.25) is 0 Å². The molecule has 0 saturated heterocycles. The summed E-state index contributed by atoms with van der Waals surface area (Å²) in [5, 5.41) is 0. The Balaban J connectivity index is 2.26. The van der Waals surface area contributed by atoms with Crippen LogP contribution in [0.3, 0.4) is 0 Å². The van der Waals surface area contributed by atoms with Gasteiger partial charge in [0.15, 0.2) is 11.5 Å². The van der Waals surface area contributed by atoms with Crippen LogP contribution in [-0.4, -0.2) is 12.4 Å². The van der Waals surface area contributed by atoms with Crippen LogP contribution in [0.4, 0.5) is 0 Å². The van der Waals surface area contributed by atoms with Gasteiger partial charge in [-0.2, -0.15) is 0 Å². The summed E-state index contributed by atoms with van der Waals surface area (Å²) in [6, 6.07) is 0. The van der Waals surface area contributed by atoms with E-state index in [9.17, 15) is 4.79 Å². The van der Waals surface area contributed by atoms with Gasteiger partial charge in [-0.05, 0) is 32.3 Å². The highest BCUT2D eigenvalue weighted by molar-refractivity contribution is 5.93. The number of Topliss-reactive ketones (excluding diaryl/α,β-unsaturated/α-hetero) is 1. The first-order chi connectivity index (χ1) is 6.84. The molecule has 1 aliphatic heterocycles. The third-order valence-electron chi connectivity index (χ3n) is 2.09. The molecule has 1 rings (SSSR count). The van der Waals surface area contributed by atoms with Crippen LogP contribution in [0.5, 0.6) is 0 Å². The monoisotopic (exact) mass is 192 g/mol. The minimum Gasteiger partial charge on any atom is -0.490 e. The largest absolute Gasteiger partial charge is 0.490 e. The molecular weight excluding hydrogens is 176 g/mol. The smallest absolute Gasteiger partial charge is 0.197 e. The molecule has 2 heteroatoms. The van der Waals surface area contributed by atoms with Gasteiger partial charge in [0.05, 0.1) is 6.61 Å². The van der Waals surface area contributed by atoms with Crippen LogP contribution in [-0.2, 0) is 9.53 Å².